The van der Waals surface area contributed by atoms with Crippen LogP contribution >= 0.6 is 34.0 Å². The van der Waals surface area contributed by atoms with Crippen LogP contribution in [-0.2, 0) is 5.60 Å². The smallest absolute Gasteiger partial charge is 0.262 e. The van der Waals surface area contributed by atoms with Crippen LogP contribution in [0.5, 0.6) is 17.2 Å². The number of benzene rings is 3. The van der Waals surface area contributed by atoms with E-state index in [0.717, 1.165) is 186 Å². The molecule has 2 unspecified atom stereocenters. The molecular formula is C79H91BN6O8S3. The van der Waals surface area contributed by atoms with Gasteiger partial charge in [-0.15, -0.1) is 34.0 Å². The molecule has 0 spiro atoms. The molecule has 0 saturated heterocycles. The maximum atomic E-state index is 13.6. The Labute approximate surface area is 583 Å². The number of fused-ring (bicyclic) bond motifs is 6. The van der Waals surface area contributed by atoms with E-state index in [4.69, 9.17) is 24.2 Å². The standard InChI is InChI=1S/2C26H30N2O3S.C26H28N2O2S.CH3B/c1-16(2)21-22-23(18(10-14-27-22)26(30)12-6-3-7-13-26)32-24(21)25(29)28-19-11-15-31-20-9-5-4-8-17(19)20;1-15(2)22-23-24(17(11-13-27-23)16-7-3-5-9-20(16)29)32-25(22)26(30)28-19-12-14-31-21-10-6-4-8-18(19)21;1-16(2)22-23-24(18(12-14-27-23)17-8-4-3-5-9-17)31-25(22)26(29)28-20-13-15-30-21-11-7-6-10-19(20)21;1-2/h4-5,8-10,14,16,19,30H,3,6-7,11-13,15H2,1-2H3,(H,28,29);4,6,8,10-11,13,15-16,19-20,29H,3,5,7,9,12,14H2,1-2H3,(H,28,30);6-8,10-12,14,16,20H,3-5,9,13,15H2,1-2H3,(H,28,29);1H3/t19-;16?,19-,20?;20-;/m000./s1. The summed E-state index contributed by atoms with van der Waals surface area (Å²) in [5.41, 5.74) is 12.8. The van der Waals surface area contributed by atoms with Crippen LogP contribution in [0.3, 0.4) is 0 Å². The number of aliphatic hydroxyl groups is 2. The lowest BCUT2D eigenvalue weighted by atomic mass is 9.80. The number of hydrogen-bond donors (Lipinski definition) is 5. The third kappa shape index (κ3) is 14.7. The highest BCUT2D eigenvalue weighted by molar-refractivity contribution is 7.22. The van der Waals surface area contributed by atoms with E-state index in [9.17, 15) is 24.6 Å². The Hall–Kier alpha value is -7.48. The van der Waals surface area contributed by atoms with Crippen LogP contribution in [0.15, 0.2) is 116 Å². The molecule has 5 N–H and O–H groups in total. The molecule has 3 aliphatic carbocycles. The predicted molar refractivity (Wildman–Crippen MR) is 394 cm³/mol. The molecule has 97 heavy (non-hydrogen) atoms. The molecule has 2 radical (unpaired) electrons. The summed E-state index contributed by atoms with van der Waals surface area (Å²) in [5.74, 6) is 3.09. The number of carbonyl (C=O) groups excluding carboxylic acids is 3. The summed E-state index contributed by atoms with van der Waals surface area (Å²) in [4.78, 5) is 57.0. The lowest BCUT2D eigenvalue weighted by Crippen LogP contribution is -2.32. The number of nitrogens with zero attached hydrogens (tertiary/aromatic N) is 3. The quantitative estimate of drug-likeness (QED) is 0.0731. The van der Waals surface area contributed by atoms with Crippen molar-refractivity contribution >= 4 is 95.8 Å². The van der Waals surface area contributed by atoms with Gasteiger partial charge in [0.2, 0.25) is 0 Å². The molecule has 2 saturated carbocycles. The highest BCUT2D eigenvalue weighted by Crippen LogP contribution is 2.48. The second-order valence-corrected chi connectivity index (χ2v) is 30.3. The van der Waals surface area contributed by atoms with E-state index in [1.807, 2.05) is 97.3 Å². The summed E-state index contributed by atoms with van der Waals surface area (Å²) in [6.45, 7) is 16.0. The number of thiophene rings is 3. The Balaban J connectivity index is 0.000000137. The number of pyridine rings is 3. The molecule has 3 aliphatic heterocycles. The van der Waals surface area contributed by atoms with Crippen molar-refractivity contribution in [2.45, 2.75) is 205 Å². The fraction of sp³-hybridized carbons (Fsp3) is 0.443. The van der Waals surface area contributed by atoms with E-state index in [1.165, 1.54) is 59.9 Å². The minimum atomic E-state index is -0.827. The van der Waals surface area contributed by atoms with Gasteiger partial charge in [0.15, 0.2) is 0 Å². The first-order chi connectivity index (χ1) is 47.1. The van der Waals surface area contributed by atoms with Gasteiger partial charge in [-0.25, -0.2) is 0 Å². The van der Waals surface area contributed by atoms with E-state index < -0.39 is 5.60 Å². The highest BCUT2D eigenvalue weighted by Gasteiger charge is 2.37. The Morgan fingerprint density at radius 2 is 0.938 bits per heavy atom. The number of allylic oxidation sites excluding steroid dienone is 2. The summed E-state index contributed by atoms with van der Waals surface area (Å²) in [6, 6.07) is 29.8. The first kappa shape index (κ1) is 69.4. The number of carbonyl (C=O) groups is 3. The summed E-state index contributed by atoms with van der Waals surface area (Å²) in [5, 5.41) is 32.0. The predicted octanol–water partition coefficient (Wildman–Crippen LogP) is 18.4. The molecule has 5 atom stereocenters. The van der Waals surface area contributed by atoms with Gasteiger partial charge in [0.1, 0.15) is 17.2 Å². The summed E-state index contributed by atoms with van der Waals surface area (Å²) in [6.07, 6.45) is 23.4. The van der Waals surface area contributed by atoms with Crippen LogP contribution in [0.4, 0.5) is 0 Å². The van der Waals surface area contributed by atoms with E-state index in [-0.39, 0.29) is 65.6 Å². The van der Waals surface area contributed by atoms with Crippen molar-refractivity contribution in [3.05, 3.63) is 180 Å². The SMILES string of the molecule is CC(C)c1c(C(=O)N[C@H]2CCOc3ccccc32)sc2c(C3(O)CCCCC3)ccnc12.CC(C)c1c(C(=O)N[C@H]2CCOc3ccccc32)sc2c(C3=CCCCC3)ccnc12.CC(C)c1c(C(=O)N[C@H]2CCOc3ccccc32)sc2c(C3CCCCC3O)ccnc12.[B]C. The average Bonchev–Trinajstić information content (AvgIpc) is 1.64. The van der Waals surface area contributed by atoms with Crippen LogP contribution in [0.25, 0.3) is 36.2 Å². The number of para-hydroxylation sites is 3. The van der Waals surface area contributed by atoms with Gasteiger partial charge in [0.25, 0.3) is 17.7 Å². The minimum absolute atomic E-state index is 0.00280. The van der Waals surface area contributed by atoms with Crippen molar-refractivity contribution in [1.29, 1.82) is 0 Å². The third-order valence-electron chi connectivity index (χ3n) is 19.9. The van der Waals surface area contributed by atoms with E-state index in [0.29, 0.717) is 24.7 Å². The summed E-state index contributed by atoms with van der Waals surface area (Å²) < 4.78 is 20.5. The third-order valence-corrected chi connectivity index (χ3v) is 23.6. The van der Waals surface area contributed by atoms with Crippen molar-refractivity contribution < 1.29 is 38.8 Å². The second-order valence-electron chi connectivity index (χ2n) is 27.3. The maximum Gasteiger partial charge on any atom is 0.262 e. The molecule has 2 fully saturated rings. The monoisotopic (exact) mass is 1360 g/mol. The molecule has 3 aromatic carbocycles. The van der Waals surface area contributed by atoms with Crippen molar-refractivity contribution in [3.8, 4) is 17.2 Å². The summed E-state index contributed by atoms with van der Waals surface area (Å²) in [7, 11) is 4.50. The largest absolute Gasteiger partial charge is 0.493 e. The number of amides is 3. The Bertz CT molecular complexity index is 4320. The van der Waals surface area contributed by atoms with Crippen LogP contribution in [0.1, 0.15) is 265 Å². The zero-order valence-corrected chi connectivity index (χ0v) is 59.5. The van der Waals surface area contributed by atoms with Crippen molar-refractivity contribution in [3.63, 3.8) is 0 Å². The first-order valence-corrected chi connectivity index (χ1v) is 37.6. The maximum absolute atomic E-state index is 13.6. The molecule has 506 valence electrons. The summed E-state index contributed by atoms with van der Waals surface area (Å²) >= 11 is 4.62. The fourth-order valence-electron chi connectivity index (χ4n) is 15.2. The number of rotatable bonds is 12. The van der Waals surface area contributed by atoms with Gasteiger partial charge in [-0.2, -0.15) is 0 Å². The van der Waals surface area contributed by atoms with Gasteiger partial charge in [-0.3, -0.25) is 29.3 Å². The molecule has 9 heterocycles. The van der Waals surface area contributed by atoms with Crippen LogP contribution < -0.4 is 30.2 Å². The highest BCUT2D eigenvalue weighted by atomic mass is 32.1. The van der Waals surface area contributed by atoms with Gasteiger partial charge in [0.05, 0.1) is 103 Å². The number of ether oxygens (including phenoxy) is 3. The van der Waals surface area contributed by atoms with Crippen molar-refractivity contribution in [1.82, 2.24) is 30.9 Å². The first-order valence-electron chi connectivity index (χ1n) is 35.2. The van der Waals surface area contributed by atoms with Crippen LogP contribution in [0.2, 0.25) is 6.82 Å². The van der Waals surface area contributed by atoms with E-state index in [1.54, 1.807) is 17.5 Å². The van der Waals surface area contributed by atoms with E-state index >= 15 is 0 Å². The second kappa shape index (κ2) is 31.2. The Kier molecular flexibility index (Phi) is 22.3. The molecule has 0 bridgehead atoms. The number of hydrogen-bond acceptors (Lipinski definition) is 14. The topological polar surface area (TPSA) is 194 Å². The molecule has 15 rings (SSSR count). The van der Waals surface area contributed by atoms with Gasteiger partial charge in [-0.05, 0) is 122 Å². The van der Waals surface area contributed by atoms with Crippen LogP contribution in [-0.4, -0.2) is 76.7 Å². The lowest BCUT2D eigenvalue weighted by molar-refractivity contribution is 0.000836. The van der Waals surface area contributed by atoms with Crippen molar-refractivity contribution in [2.24, 2.45) is 0 Å². The normalized spacial score (nSPS) is 20.2. The fourth-order valence-corrected chi connectivity index (χ4v) is 19.4. The minimum Gasteiger partial charge on any atom is -0.493 e. The van der Waals surface area contributed by atoms with Gasteiger partial charge in [-0.1, -0.05) is 141 Å². The number of aliphatic hydroxyl groups excluding tert-OH is 1. The number of nitrogens with one attached hydrogen (secondary N) is 3. The zero-order valence-electron chi connectivity index (χ0n) is 57.0. The van der Waals surface area contributed by atoms with Crippen molar-refractivity contribution in [2.75, 3.05) is 19.8 Å². The van der Waals surface area contributed by atoms with Gasteiger partial charge < -0.3 is 40.4 Å². The lowest BCUT2D eigenvalue weighted by Gasteiger charge is -2.32. The molecule has 18 heteroatoms. The molecule has 9 aromatic rings. The van der Waals surface area contributed by atoms with Gasteiger partial charge in [0, 0.05) is 82.7 Å². The molecule has 6 aromatic heterocycles. The molecule has 14 nitrogen and oxygen atoms in total. The molecule has 3 amide bonds. The zero-order chi connectivity index (χ0) is 67.9. The van der Waals surface area contributed by atoms with E-state index in [2.05, 4.69) is 82.5 Å². The average molecular weight is 1360 g/mol. The molecular weight excluding hydrogens is 1270 g/mol. The molecule has 6 aliphatic rings. The van der Waals surface area contributed by atoms with Crippen LogP contribution in [0, 0.1) is 0 Å². The number of aromatic nitrogens is 3. The Morgan fingerprint density at radius 3 is 1.41 bits per heavy atom. The van der Waals surface area contributed by atoms with Gasteiger partial charge >= 0.3 is 0 Å². The Morgan fingerprint density at radius 1 is 0.505 bits per heavy atom.